The summed E-state index contributed by atoms with van der Waals surface area (Å²) in [6.07, 6.45) is 1.25. The van der Waals surface area contributed by atoms with Crippen molar-refractivity contribution in [1.82, 2.24) is 5.32 Å². The number of hydrogen-bond acceptors (Lipinski definition) is 2. The summed E-state index contributed by atoms with van der Waals surface area (Å²) in [6, 6.07) is 5.96. The van der Waals surface area contributed by atoms with Crippen LogP contribution in [0.15, 0.2) is 18.2 Å². The number of carbonyl (C=O) groups is 2. The molecule has 2 rings (SSSR count). The maximum atomic E-state index is 12.4. The van der Waals surface area contributed by atoms with Crippen LogP contribution < -0.4 is 10.6 Å². The minimum atomic E-state index is -0.861. The summed E-state index contributed by atoms with van der Waals surface area (Å²) in [5.74, 6) is -0.348. The molecule has 0 aromatic heterocycles. The van der Waals surface area contributed by atoms with E-state index in [9.17, 15) is 9.59 Å². The molecule has 0 heterocycles. The smallest absolute Gasteiger partial charge is 0.240 e. The number of anilines is 1. The molecular weight excluding hydrogens is 252 g/mol. The van der Waals surface area contributed by atoms with E-state index in [1.165, 1.54) is 0 Å². The zero-order valence-corrected chi connectivity index (χ0v) is 12.5. The number of carbonyl (C=O) groups excluding carboxylic acids is 2. The van der Waals surface area contributed by atoms with Gasteiger partial charge < -0.3 is 10.6 Å². The van der Waals surface area contributed by atoms with E-state index in [1.807, 2.05) is 45.9 Å². The van der Waals surface area contributed by atoms with Gasteiger partial charge in [0.15, 0.2) is 0 Å². The Morgan fingerprint density at radius 3 is 2.35 bits per heavy atom. The number of hydrogen-bond donors (Lipinski definition) is 2. The zero-order chi connectivity index (χ0) is 14.9. The van der Waals surface area contributed by atoms with Crippen molar-refractivity contribution in [2.24, 2.45) is 5.41 Å². The van der Waals surface area contributed by atoms with Gasteiger partial charge in [-0.15, -0.1) is 0 Å². The van der Waals surface area contributed by atoms with E-state index in [4.69, 9.17) is 0 Å². The van der Waals surface area contributed by atoms with E-state index >= 15 is 0 Å². The molecule has 0 spiro atoms. The fraction of sp³-hybridized carbons (Fsp3) is 0.500. The van der Waals surface area contributed by atoms with Crippen molar-refractivity contribution in [2.75, 3.05) is 5.32 Å². The highest BCUT2D eigenvalue weighted by Crippen LogP contribution is 2.47. The number of rotatable bonds is 4. The van der Waals surface area contributed by atoms with Crippen LogP contribution in [0.3, 0.4) is 0 Å². The van der Waals surface area contributed by atoms with Crippen LogP contribution in [0.2, 0.25) is 0 Å². The summed E-state index contributed by atoms with van der Waals surface area (Å²) < 4.78 is 0. The lowest BCUT2D eigenvalue weighted by Gasteiger charge is -2.18. The predicted molar refractivity (Wildman–Crippen MR) is 79.5 cm³/mol. The number of nitrogens with one attached hydrogen (secondary N) is 2. The minimum Gasteiger partial charge on any atom is -0.353 e. The maximum Gasteiger partial charge on any atom is 0.240 e. The molecule has 0 saturated heterocycles. The SMILES string of the molecule is Cc1ccc(C)c(NC(=O)C2(C(=O)NC(C)C)CC2)c1. The van der Waals surface area contributed by atoms with E-state index < -0.39 is 5.41 Å². The van der Waals surface area contributed by atoms with Gasteiger partial charge in [0.25, 0.3) is 0 Å². The van der Waals surface area contributed by atoms with E-state index in [1.54, 1.807) is 0 Å². The quantitative estimate of drug-likeness (QED) is 0.829. The molecule has 0 unspecified atom stereocenters. The number of benzene rings is 1. The average molecular weight is 274 g/mol. The third kappa shape index (κ3) is 2.84. The molecule has 2 amide bonds. The van der Waals surface area contributed by atoms with Crippen LogP contribution >= 0.6 is 0 Å². The molecule has 1 saturated carbocycles. The highest BCUT2D eigenvalue weighted by molar-refractivity contribution is 6.13. The van der Waals surface area contributed by atoms with Crippen LogP contribution in [0, 0.1) is 19.3 Å². The Bertz CT molecular complexity index is 545. The fourth-order valence-corrected chi connectivity index (χ4v) is 2.20. The molecule has 1 fully saturated rings. The van der Waals surface area contributed by atoms with Crippen molar-refractivity contribution >= 4 is 17.5 Å². The second kappa shape index (κ2) is 5.27. The first-order valence-electron chi connectivity index (χ1n) is 7.05. The maximum absolute atomic E-state index is 12.4. The number of amides is 2. The van der Waals surface area contributed by atoms with Crippen molar-refractivity contribution in [1.29, 1.82) is 0 Å². The fourth-order valence-electron chi connectivity index (χ4n) is 2.20. The molecule has 108 valence electrons. The van der Waals surface area contributed by atoms with Gasteiger partial charge >= 0.3 is 0 Å². The topological polar surface area (TPSA) is 58.2 Å². The van der Waals surface area contributed by atoms with Gasteiger partial charge in [-0.05, 0) is 57.7 Å². The van der Waals surface area contributed by atoms with Crippen molar-refractivity contribution in [3.63, 3.8) is 0 Å². The molecule has 4 heteroatoms. The standard InChI is InChI=1S/C16H22N2O2/c1-10(2)17-14(19)16(7-8-16)15(20)18-13-9-11(3)5-6-12(13)4/h5-6,9-10H,7-8H2,1-4H3,(H,17,19)(H,18,20). The van der Waals surface area contributed by atoms with E-state index in [0.717, 1.165) is 16.8 Å². The molecule has 0 radical (unpaired) electrons. The van der Waals surface area contributed by atoms with Crippen LogP contribution in [0.4, 0.5) is 5.69 Å². The Kier molecular flexibility index (Phi) is 3.84. The summed E-state index contributed by atoms with van der Waals surface area (Å²) in [6.45, 7) is 7.73. The van der Waals surface area contributed by atoms with Gasteiger partial charge in [-0.25, -0.2) is 0 Å². The zero-order valence-electron chi connectivity index (χ0n) is 12.5. The van der Waals surface area contributed by atoms with Crippen LogP contribution in [-0.2, 0) is 9.59 Å². The lowest BCUT2D eigenvalue weighted by atomic mass is 10.0. The van der Waals surface area contributed by atoms with Crippen LogP contribution in [-0.4, -0.2) is 17.9 Å². The molecule has 1 aromatic rings. The molecule has 20 heavy (non-hydrogen) atoms. The highest BCUT2D eigenvalue weighted by Gasteiger charge is 2.56. The predicted octanol–water partition coefficient (Wildman–Crippen LogP) is 2.55. The molecule has 4 nitrogen and oxygen atoms in total. The second-order valence-corrected chi connectivity index (χ2v) is 5.98. The van der Waals surface area contributed by atoms with Crippen LogP contribution in [0.5, 0.6) is 0 Å². The van der Waals surface area contributed by atoms with E-state index in [-0.39, 0.29) is 17.9 Å². The highest BCUT2D eigenvalue weighted by atomic mass is 16.2. The first-order chi connectivity index (χ1) is 9.35. The van der Waals surface area contributed by atoms with Crippen LogP contribution in [0.1, 0.15) is 37.8 Å². The van der Waals surface area contributed by atoms with Gasteiger partial charge in [0.05, 0.1) is 0 Å². The third-order valence-electron chi connectivity index (χ3n) is 3.68. The Morgan fingerprint density at radius 2 is 1.80 bits per heavy atom. The summed E-state index contributed by atoms with van der Waals surface area (Å²) in [5, 5.41) is 5.75. The third-order valence-corrected chi connectivity index (χ3v) is 3.68. The molecular formula is C16H22N2O2. The van der Waals surface area contributed by atoms with Gasteiger partial charge in [-0.1, -0.05) is 12.1 Å². The Labute approximate surface area is 119 Å². The van der Waals surface area contributed by atoms with Crippen molar-refractivity contribution in [3.8, 4) is 0 Å². The molecule has 1 aliphatic rings. The molecule has 0 bridgehead atoms. The van der Waals surface area contributed by atoms with Crippen LogP contribution in [0.25, 0.3) is 0 Å². The van der Waals surface area contributed by atoms with Gasteiger partial charge in [0, 0.05) is 11.7 Å². The van der Waals surface area contributed by atoms with Gasteiger partial charge in [0.1, 0.15) is 5.41 Å². The first kappa shape index (κ1) is 14.6. The Hall–Kier alpha value is -1.84. The molecule has 0 aliphatic heterocycles. The number of aryl methyl sites for hydroxylation is 2. The molecule has 1 aliphatic carbocycles. The molecule has 2 N–H and O–H groups in total. The van der Waals surface area contributed by atoms with E-state index in [0.29, 0.717) is 12.8 Å². The van der Waals surface area contributed by atoms with Gasteiger partial charge in [0.2, 0.25) is 11.8 Å². The summed E-state index contributed by atoms with van der Waals surface area (Å²) >= 11 is 0. The summed E-state index contributed by atoms with van der Waals surface area (Å²) in [4.78, 5) is 24.6. The first-order valence-corrected chi connectivity index (χ1v) is 7.05. The van der Waals surface area contributed by atoms with Gasteiger partial charge in [-0.2, -0.15) is 0 Å². The summed E-state index contributed by atoms with van der Waals surface area (Å²) in [5.41, 5.74) is 2.02. The second-order valence-electron chi connectivity index (χ2n) is 5.98. The lowest BCUT2D eigenvalue weighted by Crippen LogP contribution is -2.42. The van der Waals surface area contributed by atoms with Gasteiger partial charge in [-0.3, -0.25) is 9.59 Å². The summed E-state index contributed by atoms with van der Waals surface area (Å²) in [7, 11) is 0. The Balaban J connectivity index is 2.12. The van der Waals surface area contributed by atoms with Crippen molar-refractivity contribution in [2.45, 2.75) is 46.6 Å². The van der Waals surface area contributed by atoms with E-state index in [2.05, 4.69) is 10.6 Å². The van der Waals surface area contributed by atoms with Crippen molar-refractivity contribution < 1.29 is 9.59 Å². The monoisotopic (exact) mass is 274 g/mol. The lowest BCUT2D eigenvalue weighted by molar-refractivity contribution is -0.134. The van der Waals surface area contributed by atoms with Crippen molar-refractivity contribution in [3.05, 3.63) is 29.3 Å². The molecule has 0 atom stereocenters. The minimum absolute atomic E-state index is 0.0495. The average Bonchev–Trinajstić information content (AvgIpc) is 3.14. The largest absolute Gasteiger partial charge is 0.353 e. The molecule has 1 aromatic carbocycles. The normalized spacial score (nSPS) is 15.8. The Morgan fingerprint density at radius 1 is 1.15 bits per heavy atom.